The number of ether oxygens (including phenoxy) is 4. The van der Waals surface area contributed by atoms with Crippen LogP contribution in [-0.2, 0) is 16.1 Å². The third-order valence-electron chi connectivity index (χ3n) is 7.10. The number of carbonyl (C=O) groups excluding carboxylic acids is 1. The van der Waals surface area contributed by atoms with Crippen LogP contribution in [0.5, 0.6) is 17.2 Å². The van der Waals surface area contributed by atoms with Crippen LogP contribution in [0, 0.1) is 0 Å². The number of benzene rings is 3. The summed E-state index contributed by atoms with van der Waals surface area (Å²) in [5.41, 5.74) is 2.81. The minimum Gasteiger partial charge on any atom is -0.493 e. The van der Waals surface area contributed by atoms with E-state index < -0.39 is 18.0 Å². The molecule has 1 aliphatic rings. The number of carbonyl (C=O) groups is 2. The summed E-state index contributed by atoms with van der Waals surface area (Å²) in [6, 6.07) is 16.4. The molecule has 0 saturated carbocycles. The van der Waals surface area contributed by atoms with Crippen LogP contribution in [-0.4, -0.2) is 42.4 Å². The molecule has 0 bridgehead atoms. The van der Waals surface area contributed by atoms with Gasteiger partial charge < -0.3 is 24.1 Å². The average Bonchev–Trinajstić information content (AvgIpc) is 3.33. The number of halogens is 1. The third-order valence-corrected chi connectivity index (χ3v) is 8.77. The van der Waals surface area contributed by atoms with E-state index in [1.165, 1.54) is 42.3 Å². The van der Waals surface area contributed by atoms with E-state index in [1.807, 2.05) is 12.1 Å². The average molecular weight is 694 g/mol. The predicted octanol–water partition coefficient (Wildman–Crippen LogP) is 4.86. The molecule has 10 nitrogen and oxygen atoms in total. The van der Waals surface area contributed by atoms with E-state index in [0.717, 1.165) is 11.1 Å². The second-order valence-corrected chi connectivity index (χ2v) is 11.8. The highest BCUT2D eigenvalue weighted by molar-refractivity contribution is 9.10. The molecule has 4 aromatic rings. The van der Waals surface area contributed by atoms with Crippen molar-refractivity contribution in [3.05, 3.63) is 118 Å². The molecule has 0 fully saturated rings. The second kappa shape index (κ2) is 13.5. The smallest absolute Gasteiger partial charge is 0.338 e. The standard InChI is InChI=1S/C33H29BrN2O8S/c1-5-43-32(40)28-18(2)35-33-36(29(28)23-15-25(41-3)26(42-4)16-24(23)34)30(37)27(45-33)14-19-8-12-22(13-9-19)44-17-20-6-10-21(11-7-20)31(38)39/h6-16,29H,5,17H2,1-4H3,(H,38,39)/b27-14+/t29-/m0/s1. The van der Waals surface area contributed by atoms with Crippen molar-refractivity contribution in [1.29, 1.82) is 0 Å². The molecule has 1 aliphatic heterocycles. The lowest BCUT2D eigenvalue weighted by atomic mass is 9.95. The van der Waals surface area contributed by atoms with Gasteiger partial charge in [0.05, 0.1) is 48.2 Å². The van der Waals surface area contributed by atoms with E-state index >= 15 is 0 Å². The topological polar surface area (TPSA) is 126 Å². The Morgan fingerprint density at radius 3 is 2.33 bits per heavy atom. The molecule has 0 saturated heterocycles. The van der Waals surface area contributed by atoms with Gasteiger partial charge in [0, 0.05) is 4.47 Å². The summed E-state index contributed by atoms with van der Waals surface area (Å²) >= 11 is 4.83. The molecule has 0 unspecified atom stereocenters. The first-order chi connectivity index (χ1) is 21.6. The number of aromatic carboxylic acids is 1. The highest BCUT2D eigenvalue weighted by Crippen LogP contribution is 2.40. The van der Waals surface area contributed by atoms with Crippen molar-refractivity contribution >= 4 is 45.3 Å². The summed E-state index contributed by atoms with van der Waals surface area (Å²) in [6.07, 6.45) is 1.77. The van der Waals surface area contributed by atoms with Crippen LogP contribution < -0.4 is 29.1 Å². The summed E-state index contributed by atoms with van der Waals surface area (Å²) in [6.45, 7) is 3.88. The predicted molar refractivity (Wildman–Crippen MR) is 172 cm³/mol. The first-order valence-electron chi connectivity index (χ1n) is 13.8. The molecule has 12 heteroatoms. The van der Waals surface area contributed by atoms with Crippen LogP contribution in [0.1, 0.15) is 46.9 Å². The minimum atomic E-state index is -0.982. The highest BCUT2D eigenvalue weighted by Gasteiger charge is 2.35. The molecule has 45 heavy (non-hydrogen) atoms. The Morgan fingerprint density at radius 2 is 1.71 bits per heavy atom. The molecule has 5 rings (SSSR count). The van der Waals surface area contributed by atoms with Gasteiger partial charge in [0.2, 0.25) is 0 Å². The summed E-state index contributed by atoms with van der Waals surface area (Å²) in [5.74, 6) is -0.000769. The van der Waals surface area contributed by atoms with Gasteiger partial charge in [-0.1, -0.05) is 51.5 Å². The van der Waals surface area contributed by atoms with Gasteiger partial charge in [-0.3, -0.25) is 9.36 Å². The van der Waals surface area contributed by atoms with Crippen molar-refractivity contribution in [1.82, 2.24) is 4.57 Å². The van der Waals surface area contributed by atoms with Gasteiger partial charge in [0.15, 0.2) is 16.3 Å². The fraction of sp³-hybridized carbons (Fsp3) is 0.212. The number of carboxylic acids is 1. The molecule has 0 radical (unpaired) electrons. The SMILES string of the molecule is CCOC(=O)C1=C(C)N=c2s/c(=C/c3ccc(OCc4ccc(C(=O)O)cc4)cc3)c(=O)n2[C@H]1c1cc(OC)c(OC)cc1Br. The van der Waals surface area contributed by atoms with Gasteiger partial charge in [-0.2, -0.15) is 0 Å². The number of allylic oxidation sites excluding steroid dienone is 1. The van der Waals surface area contributed by atoms with Crippen molar-refractivity contribution in [2.75, 3.05) is 20.8 Å². The molecule has 3 aromatic carbocycles. The second-order valence-electron chi connectivity index (χ2n) is 9.89. The molecule has 1 N–H and O–H groups in total. The fourth-order valence-electron chi connectivity index (χ4n) is 4.89. The first kappa shape index (κ1) is 31.7. The molecular formula is C33H29BrN2O8S. The third kappa shape index (κ3) is 6.57. The number of hydrogen-bond acceptors (Lipinski definition) is 9. The van der Waals surface area contributed by atoms with Gasteiger partial charge in [0.1, 0.15) is 12.4 Å². The number of thiazole rings is 1. The van der Waals surface area contributed by atoms with Crippen LogP contribution in [0.15, 0.2) is 86.2 Å². The normalized spacial score (nSPS) is 14.4. The Labute approximate surface area is 270 Å². The van der Waals surface area contributed by atoms with Gasteiger partial charge >= 0.3 is 11.9 Å². The van der Waals surface area contributed by atoms with Crippen LogP contribution in [0.25, 0.3) is 6.08 Å². The van der Waals surface area contributed by atoms with E-state index in [1.54, 1.807) is 56.3 Å². The Morgan fingerprint density at radius 1 is 1.04 bits per heavy atom. The van der Waals surface area contributed by atoms with E-state index in [2.05, 4.69) is 20.9 Å². The van der Waals surface area contributed by atoms with Gasteiger partial charge in [0.25, 0.3) is 5.56 Å². The van der Waals surface area contributed by atoms with Crippen LogP contribution in [0.2, 0.25) is 0 Å². The first-order valence-corrected chi connectivity index (χ1v) is 15.4. The number of nitrogens with zero attached hydrogens (tertiary/aromatic N) is 2. The van der Waals surface area contributed by atoms with Gasteiger partial charge in [-0.15, -0.1) is 0 Å². The van der Waals surface area contributed by atoms with Crippen LogP contribution >= 0.6 is 27.3 Å². The van der Waals surface area contributed by atoms with Crippen LogP contribution in [0.4, 0.5) is 0 Å². The zero-order valence-corrected chi connectivity index (χ0v) is 27.2. The molecule has 0 spiro atoms. The molecule has 232 valence electrons. The largest absolute Gasteiger partial charge is 0.493 e. The zero-order valence-electron chi connectivity index (χ0n) is 24.8. The van der Waals surface area contributed by atoms with Crippen molar-refractivity contribution in [3.63, 3.8) is 0 Å². The number of esters is 1. The minimum absolute atomic E-state index is 0.163. The van der Waals surface area contributed by atoms with E-state index in [4.69, 9.17) is 24.1 Å². The number of rotatable bonds is 10. The lowest BCUT2D eigenvalue weighted by molar-refractivity contribution is -0.139. The molecule has 0 amide bonds. The maximum atomic E-state index is 14.0. The van der Waals surface area contributed by atoms with E-state index in [-0.39, 0.29) is 29.9 Å². The number of carboxylic acid groups (broad SMARTS) is 1. The molecule has 2 heterocycles. The maximum absolute atomic E-state index is 14.0. The van der Waals surface area contributed by atoms with Crippen molar-refractivity contribution in [2.24, 2.45) is 4.99 Å². The molecule has 1 atom stereocenters. The summed E-state index contributed by atoms with van der Waals surface area (Å²) in [7, 11) is 3.05. The summed E-state index contributed by atoms with van der Waals surface area (Å²) < 4.78 is 24.8. The number of methoxy groups -OCH3 is 2. The lowest BCUT2D eigenvalue weighted by Gasteiger charge is -2.26. The quantitative estimate of drug-likeness (QED) is 0.234. The summed E-state index contributed by atoms with van der Waals surface area (Å²) in [4.78, 5) is 43.4. The maximum Gasteiger partial charge on any atom is 0.338 e. The van der Waals surface area contributed by atoms with Gasteiger partial charge in [-0.05, 0) is 73.0 Å². The number of fused-ring (bicyclic) bond motifs is 1. The number of hydrogen-bond donors (Lipinski definition) is 1. The monoisotopic (exact) mass is 692 g/mol. The van der Waals surface area contributed by atoms with E-state index in [0.29, 0.717) is 42.3 Å². The van der Waals surface area contributed by atoms with E-state index in [9.17, 15) is 14.4 Å². The Hall–Kier alpha value is -4.68. The Kier molecular flexibility index (Phi) is 9.54. The molecule has 0 aliphatic carbocycles. The summed E-state index contributed by atoms with van der Waals surface area (Å²) in [5, 5.41) is 9.07. The molecular weight excluding hydrogens is 664 g/mol. The number of aromatic nitrogens is 1. The zero-order chi connectivity index (χ0) is 32.2. The van der Waals surface area contributed by atoms with Crippen LogP contribution in [0.3, 0.4) is 0 Å². The van der Waals surface area contributed by atoms with Gasteiger partial charge in [-0.25, -0.2) is 14.6 Å². The van der Waals surface area contributed by atoms with Crippen molar-refractivity contribution < 1.29 is 33.6 Å². The highest BCUT2D eigenvalue weighted by atomic mass is 79.9. The Bertz CT molecular complexity index is 1980. The Balaban J connectivity index is 1.51. The van der Waals surface area contributed by atoms with Crippen molar-refractivity contribution in [2.45, 2.75) is 26.5 Å². The molecule has 1 aromatic heterocycles. The fourth-order valence-corrected chi connectivity index (χ4v) is 6.47. The lowest BCUT2D eigenvalue weighted by Crippen LogP contribution is -2.40. The van der Waals surface area contributed by atoms with Crippen molar-refractivity contribution in [3.8, 4) is 17.2 Å².